The van der Waals surface area contributed by atoms with Gasteiger partial charge in [-0.15, -0.1) is 5.10 Å². The van der Waals surface area contributed by atoms with Crippen LogP contribution < -0.4 is 10.6 Å². The highest BCUT2D eigenvalue weighted by Crippen LogP contribution is 2.26. The minimum atomic E-state index is 0.200. The van der Waals surface area contributed by atoms with E-state index in [4.69, 9.17) is 17.3 Å². The van der Waals surface area contributed by atoms with Crippen molar-refractivity contribution < 1.29 is 0 Å². The van der Waals surface area contributed by atoms with Gasteiger partial charge in [-0.1, -0.05) is 27.5 Å². The molecular formula is C13H15BrClN5. The van der Waals surface area contributed by atoms with Crippen LogP contribution in [0.25, 0.3) is 11.4 Å². The van der Waals surface area contributed by atoms with Gasteiger partial charge < -0.3 is 10.6 Å². The number of aromatic nitrogens is 3. The minimum absolute atomic E-state index is 0.200. The lowest BCUT2D eigenvalue weighted by Gasteiger charge is -2.29. The number of hydrogen-bond acceptors (Lipinski definition) is 4. The van der Waals surface area contributed by atoms with Crippen LogP contribution in [0.2, 0.25) is 5.02 Å². The van der Waals surface area contributed by atoms with E-state index in [-0.39, 0.29) is 6.04 Å². The summed E-state index contributed by atoms with van der Waals surface area (Å²) in [6.07, 6.45) is 2.14. The van der Waals surface area contributed by atoms with E-state index in [0.29, 0.717) is 16.8 Å². The van der Waals surface area contributed by atoms with Crippen molar-refractivity contribution >= 4 is 33.5 Å². The molecule has 0 bridgehead atoms. The Bertz CT molecular complexity index is 594. The van der Waals surface area contributed by atoms with Crippen molar-refractivity contribution in [3.8, 4) is 11.4 Å². The summed E-state index contributed by atoms with van der Waals surface area (Å²) in [7, 11) is 0. The average molecular weight is 357 g/mol. The molecule has 1 atom stereocenters. The van der Waals surface area contributed by atoms with Crippen molar-refractivity contribution in [2.75, 3.05) is 18.0 Å². The van der Waals surface area contributed by atoms with Crippen molar-refractivity contribution in [1.29, 1.82) is 0 Å². The summed E-state index contributed by atoms with van der Waals surface area (Å²) in [4.78, 5) is 6.66. The lowest BCUT2D eigenvalue weighted by molar-refractivity contribution is 0.500. The molecule has 3 rings (SSSR count). The number of nitrogens with zero attached hydrogens (tertiary/aromatic N) is 3. The van der Waals surface area contributed by atoms with Gasteiger partial charge in [0, 0.05) is 34.2 Å². The van der Waals surface area contributed by atoms with E-state index in [2.05, 4.69) is 36.0 Å². The maximum Gasteiger partial charge on any atom is 0.245 e. The highest BCUT2D eigenvalue weighted by molar-refractivity contribution is 9.10. The van der Waals surface area contributed by atoms with Crippen LogP contribution in [-0.2, 0) is 0 Å². The fraction of sp³-hybridized carbons (Fsp3) is 0.385. The summed E-state index contributed by atoms with van der Waals surface area (Å²) in [5, 5.41) is 7.91. The van der Waals surface area contributed by atoms with Gasteiger partial charge in [0.05, 0.1) is 0 Å². The van der Waals surface area contributed by atoms with Gasteiger partial charge in [-0.25, -0.2) is 0 Å². The second-order valence-corrected chi connectivity index (χ2v) is 6.34. The summed E-state index contributed by atoms with van der Waals surface area (Å²) < 4.78 is 0.915. The summed E-state index contributed by atoms with van der Waals surface area (Å²) >= 11 is 9.48. The fourth-order valence-corrected chi connectivity index (χ4v) is 3.27. The second kappa shape index (κ2) is 5.71. The maximum absolute atomic E-state index is 6.06. The van der Waals surface area contributed by atoms with Crippen LogP contribution in [0.15, 0.2) is 22.7 Å². The molecule has 1 aromatic carbocycles. The van der Waals surface area contributed by atoms with E-state index < -0.39 is 0 Å². The summed E-state index contributed by atoms with van der Waals surface area (Å²) in [6.45, 7) is 1.75. The van der Waals surface area contributed by atoms with Gasteiger partial charge in [0.2, 0.25) is 5.95 Å². The molecule has 1 aliphatic heterocycles. The third-order valence-corrected chi connectivity index (χ3v) is 4.03. The van der Waals surface area contributed by atoms with Gasteiger partial charge in [-0.05, 0) is 31.0 Å². The lowest BCUT2D eigenvalue weighted by atomic mass is 10.1. The topological polar surface area (TPSA) is 70.8 Å². The van der Waals surface area contributed by atoms with Crippen molar-refractivity contribution in [3.63, 3.8) is 0 Å². The first kappa shape index (κ1) is 13.9. The van der Waals surface area contributed by atoms with E-state index >= 15 is 0 Å². The molecule has 0 amide bonds. The number of rotatable bonds is 2. The Labute approximate surface area is 130 Å². The third-order valence-electron chi connectivity index (χ3n) is 3.35. The molecule has 2 heterocycles. The normalized spacial score (nSPS) is 19.4. The molecule has 1 aromatic heterocycles. The highest BCUT2D eigenvalue weighted by atomic mass is 79.9. The summed E-state index contributed by atoms with van der Waals surface area (Å²) in [6, 6.07) is 5.86. The van der Waals surface area contributed by atoms with Gasteiger partial charge in [0.25, 0.3) is 0 Å². The molecular weight excluding hydrogens is 342 g/mol. The molecule has 0 aliphatic carbocycles. The molecule has 2 aromatic rings. The van der Waals surface area contributed by atoms with E-state index in [9.17, 15) is 0 Å². The first-order valence-corrected chi connectivity index (χ1v) is 7.68. The molecule has 0 saturated carbocycles. The van der Waals surface area contributed by atoms with Gasteiger partial charge in [-0.2, -0.15) is 4.98 Å². The van der Waals surface area contributed by atoms with Crippen LogP contribution in [-0.4, -0.2) is 34.3 Å². The number of hydrogen-bond donors (Lipinski definition) is 2. The van der Waals surface area contributed by atoms with Gasteiger partial charge >= 0.3 is 0 Å². The molecule has 1 fully saturated rings. The van der Waals surface area contributed by atoms with E-state index in [1.807, 2.05) is 18.2 Å². The zero-order valence-electron chi connectivity index (χ0n) is 10.8. The first-order valence-electron chi connectivity index (χ1n) is 6.51. The van der Waals surface area contributed by atoms with Crippen LogP contribution in [0.5, 0.6) is 0 Å². The number of halogens is 2. The average Bonchev–Trinajstić information content (AvgIpc) is 2.87. The smallest absolute Gasteiger partial charge is 0.245 e. The number of aromatic amines is 1. The largest absolute Gasteiger partial charge is 0.338 e. The Balaban J connectivity index is 1.86. The molecule has 20 heavy (non-hydrogen) atoms. The molecule has 3 N–H and O–H groups in total. The van der Waals surface area contributed by atoms with E-state index in [1.165, 1.54) is 0 Å². The second-order valence-electron chi connectivity index (χ2n) is 4.99. The molecule has 5 nitrogen and oxygen atoms in total. The number of benzene rings is 1. The molecule has 7 heteroatoms. The molecule has 1 saturated heterocycles. The summed E-state index contributed by atoms with van der Waals surface area (Å²) in [5.74, 6) is 1.41. The van der Waals surface area contributed by atoms with Crippen LogP contribution in [0, 0.1) is 0 Å². The number of nitrogens with one attached hydrogen (secondary N) is 1. The van der Waals surface area contributed by atoms with E-state index in [1.54, 1.807) is 0 Å². The summed E-state index contributed by atoms with van der Waals surface area (Å²) in [5.41, 5.74) is 6.90. The Morgan fingerprint density at radius 2 is 2.25 bits per heavy atom. The van der Waals surface area contributed by atoms with Gasteiger partial charge in [-0.3, -0.25) is 5.10 Å². The van der Waals surface area contributed by atoms with Crippen LogP contribution in [0.4, 0.5) is 5.95 Å². The fourth-order valence-electron chi connectivity index (χ4n) is 2.41. The number of nitrogens with two attached hydrogens (primary N) is 1. The molecule has 106 valence electrons. The van der Waals surface area contributed by atoms with Crippen molar-refractivity contribution in [3.05, 3.63) is 27.7 Å². The Morgan fingerprint density at radius 3 is 3.00 bits per heavy atom. The first-order chi connectivity index (χ1) is 9.61. The predicted molar refractivity (Wildman–Crippen MR) is 84.0 cm³/mol. The van der Waals surface area contributed by atoms with Crippen molar-refractivity contribution in [2.45, 2.75) is 18.9 Å². The molecule has 1 unspecified atom stereocenters. The van der Waals surface area contributed by atoms with Crippen molar-refractivity contribution in [2.24, 2.45) is 5.73 Å². The van der Waals surface area contributed by atoms with E-state index in [0.717, 1.165) is 36.0 Å². The standard InChI is InChI=1S/C13H15BrClN5/c14-9-4-8(5-10(15)6-9)12-17-13(19-18-12)20-3-1-2-11(16)7-20/h4-6,11H,1-3,7,16H2,(H,17,18,19). The lowest BCUT2D eigenvalue weighted by Crippen LogP contribution is -2.43. The monoisotopic (exact) mass is 355 g/mol. The van der Waals surface area contributed by atoms with Crippen LogP contribution in [0.3, 0.4) is 0 Å². The maximum atomic E-state index is 6.06. The minimum Gasteiger partial charge on any atom is -0.338 e. The van der Waals surface area contributed by atoms with Crippen LogP contribution >= 0.6 is 27.5 Å². The zero-order chi connectivity index (χ0) is 14.1. The Morgan fingerprint density at radius 1 is 1.40 bits per heavy atom. The number of H-pyrrole nitrogens is 1. The quantitative estimate of drug-likeness (QED) is 0.868. The molecule has 1 aliphatic rings. The predicted octanol–water partition coefficient (Wildman–Crippen LogP) is 2.82. The SMILES string of the molecule is NC1CCCN(c2n[nH]c(-c3cc(Cl)cc(Br)c3)n2)C1. The third kappa shape index (κ3) is 2.97. The molecule has 0 spiro atoms. The van der Waals surface area contributed by atoms with Gasteiger partial charge in [0.1, 0.15) is 0 Å². The number of piperidine rings is 1. The van der Waals surface area contributed by atoms with Crippen LogP contribution in [0.1, 0.15) is 12.8 Å². The van der Waals surface area contributed by atoms with Gasteiger partial charge in [0.15, 0.2) is 5.82 Å². The van der Waals surface area contributed by atoms with Crippen molar-refractivity contribution in [1.82, 2.24) is 15.2 Å². The number of anilines is 1. The highest BCUT2D eigenvalue weighted by Gasteiger charge is 2.20. The molecule has 0 radical (unpaired) electrons. The zero-order valence-corrected chi connectivity index (χ0v) is 13.2. The Hall–Kier alpha value is -1.11. The Kier molecular flexibility index (Phi) is 3.96.